The fourth-order valence-corrected chi connectivity index (χ4v) is 4.20. The second-order valence-corrected chi connectivity index (χ2v) is 8.12. The highest BCUT2D eigenvalue weighted by molar-refractivity contribution is 9.10. The Bertz CT molecular complexity index is 1300. The zero-order chi connectivity index (χ0) is 22.7. The molecule has 3 aromatic carbocycles. The van der Waals surface area contributed by atoms with Gasteiger partial charge >= 0.3 is 0 Å². The third-order valence-corrected chi connectivity index (χ3v) is 5.82. The van der Waals surface area contributed by atoms with Crippen LogP contribution in [0.4, 0.5) is 5.69 Å². The third-order valence-electron chi connectivity index (χ3n) is 5.20. The lowest BCUT2D eigenvalue weighted by atomic mass is 9.91. The summed E-state index contributed by atoms with van der Waals surface area (Å²) in [5.74, 6) is 0.0994. The van der Waals surface area contributed by atoms with Gasteiger partial charge in [-0.15, -0.1) is 0 Å². The standard InChI is InChI=1S/C23H18BrN3O5/c24-21-11-16(8-9-23(21)32-14-15-4-3-5-17(10-15)27(30)31)20(13-26(28)29)19-12-25-22-7-2-1-6-18(19)22/h1-12,20,25H,13-14H2/t20-/m0/s1. The van der Waals surface area contributed by atoms with Gasteiger partial charge in [0.15, 0.2) is 0 Å². The van der Waals surface area contributed by atoms with Crippen LogP contribution in [0.3, 0.4) is 0 Å². The maximum Gasteiger partial charge on any atom is 0.269 e. The van der Waals surface area contributed by atoms with E-state index in [1.807, 2.05) is 42.6 Å². The molecule has 0 aliphatic heterocycles. The second-order valence-electron chi connectivity index (χ2n) is 7.26. The minimum Gasteiger partial charge on any atom is -0.488 e. The van der Waals surface area contributed by atoms with E-state index in [0.717, 1.165) is 22.0 Å². The zero-order valence-electron chi connectivity index (χ0n) is 16.7. The number of nitrogens with zero attached hydrogens (tertiary/aromatic N) is 2. The number of para-hydroxylation sites is 1. The van der Waals surface area contributed by atoms with Crippen LogP contribution >= 0.6 is 15.9 Å². The molecule has 0 amide bonds. The maximum absolute atomic E-state index is 11.4. The number of nitro groups is 2. The fraction of sp³-hybridized carbons (Fsp3) is 0.130. The lowest BCUT2D eigenvalue weighted by molar-refractivity contribution is -0.481. The van der Waals surface area contributed by atoms with E-state index >= 15 is 0 Å². The summed E-state index contributed by atoms with van der Waals surface area (Å²) < 4.78 is 6.47. The van der Waals surface area contributed by atoms with E-state index in [-0.39, 0.29) is 23.8 Å². The van der Waals surface area contributed by atoms with Gasteiger partial charge in [-0.05, 0) is 50.8 Å². The summed E-state index contributed by atoms with van der Waals surface area (Å²) in [5.41, 5.74) is 3.23. The Morgan fingerprint density at radius 3 is 2.56 bits per heavy atom. The van der Waals surface area contributed by atoms with Gasteiger partial charge in [0.2, 0.25) is 6.54 Å². The molecule has 1 aromatic heterocycles. The molecule has 9 heteroatoms. The molecule has 0 radical (unpaired) electrons. The molecular formula is C23H18BrN3O5. The summed E-state index contributed by atoms with van der Waals surface area (Å²) in [4.78, 5) is 24.8. The van der Waals surface area contributed by atoms with Gasteiger partial charge in [-0.2, -0.15) is 0 Å². The molecule has 32 heavy (non-hydrogen) atoms. The fourth-order valence-electron chi connectivity index (χ4n) is 3.69. The van der Waals surface area contributed by atoms with Crippen molar-refractivity contribution in [1.82, 2.24) is 4.98 Å². The van der Waals surface area contributed by atoms with Crippen LogP contribution in [0, 0.1) is 20.2 Å². The number of nitrogens with one attached hydrogen (secondary N) is 1. The first kappa shape index (κ1) is 21.5. The maximum atomic E-state index is 11.4. The average Bonchev–Trinajstić information content (AvgIpc) is 3.20. The van der Waals surface area contributed by atoms with Gasteiger partial charge in [-0.25, -0.2) is 0 Å². The van der Waals surface area contributed by atoms with Crippen LogP contribution in [0.1, 0.15) is 22.6 Å². The number of H-pyrrole nitrogens is 1. The number of aromatic nitrogens is 1. The van der Waals surface area contributed by atoms with Gasteiger partial charge < -0.3 is 9.72 Å². The Balaban J connectivity index is 1.59. The van der Waals surface area contributed by atoms with Crippen LogP contribution in [0.15, 0.2) is 77.4 Å². The van der Waals surface area contributed by atoms with Crippen LogP contribution in [0.5, 0.6) is 5.75 Å². The van der Waals surface area contributed by atoms with Crippen LogP contribution in [-0.2, 0) is 6.61 Å². The monoisotopic (exact) mass is 495 g/mol. The zero-order valence-corrected chi connectivity index (χ0v) is 18.3. The molecule has 0 aliphatic carbocycles. The first-order valence-corrected chi connectivity index (χ1v) is 10.5. The van der Waals surface area contributed by atoms with Gasteiger partial charge in [-0.1, -0.05) is 36.4 Å². The van der Waals surface area contributed by atoms with E-state index < -0.39 is 10.8 Å². The summed E-state index contributed by atoms with van der Waals surface area (Å²) in [6, 6.07) is 19.3. The highest BCUT2D eigenvalue weighted by Crippen LogP contribution is 2.35. The first-order valence-electron chi connectivity index (χ1n) is 9.76. The number of halogens is 1. The van der Waals surface area contributed by atoms with E-state index in [4.69, 9.17) is 4.74 Å². The number of fused-ring (bicyclic) bond motifs is 1. The van der Waals surface area contributed by atoms with Crippen LogP contribution in [0.25, 0.3) is 10.9 Å². The van der Waals surface area contributed by atoms with Crippen molar-refractivity contribution in [2.75, 3.05) is 6.54 Å². The lowest BCUT2D eigenvalue weighted by Gasteiger charge is -2.15. The molecule has 0 saturated carbocycles. The van der Waals surface area contributed by atoms with E-state index in [1.54, 1.807) is 18.2 Å². The minimum absolute atomic E-state index is 0.00173. The largest absolute Gasteiger partial charge is 0.488 e. The lowest BCUT2D eigenvalue weighted by Crippen LogP contribution is -2.14. The second kappa shape index (κ2) is 9.19. The first-order chi connectivity index (χ1) is 15.4. The third kappa shape index (κ3) is 4.62. The van der Waals surface area contributed by atoms with Crippen LogP contribution < -0.4 is 4.74 Å². The van der Waals surface area contributed by atoms with Crippen molar-refractivity contribution in [3.05, 3.63) is 114 Å². The summed E-state index contributed by atoms with van der Waals surface area (Å²) in [7, 11) is 0. The molecule has 4 rings (SSSR count). The molecule has 0 bridgehead atoms. The number of non-ortho nitro benzene ring substituents is 1. The highest BCUT2D eigenvalue weighted by Gasteiger charge is 2.24. The number of ether oxygens (including phenoxy) is 1. The predicted octanol–water partition coefficient (Wildman–Crippen LogP) is 5.83. The van der Waals surface area contributed by atoms with Crippen molar-refractivity contribution in [3.8, 4) is 5.75 Å². The van der Waals surface area contributed by atoms with Crippen LogP contribution in [0.2, 0.25) is 0 Å². The normalized spacial score (nSPS) is 11.9. The van der Waals surface area contributed by atoms with Gasteiger partial charge in [0.05, 0.1) is 15.3 Å². The summed E-state index contributed by atoms with van der Waals surface area (Å²) in [6.45, 7) is -0.0947. The van der Waals surface area contributed by atoms with Crippen molar-refractivity contribution >= 4 is 32.5 Å². The summed E-state index contributed by atoms with van der Waals surface area (Å²) >= 11 is 3.50. The molecule has 0 spiro atoms. The van der Waals surface area contributed by atoms with Crippen molar-refractivity contribution < 1.29 is 14.6 Å². The number of rotatable bonds is 8. The predicted molar refractivity (Wildman–Crippen MR) is 124 cm³/mol. The van der Waals surface area contributed by atoms with Gasteiger partial charge in [0, 0.05) is 34.2 Å². The number of aromatic amines is 1. The molecule has 0 unspecified atom stereocenters. The smallest absolute Gasteiger partial charge is 0.269 e. The summed E-state index contributed by atoms with van der Waals surface area (Å²) in [5, 5.41) is 23.3. The Hall–Kier alpha value is -3.72. The van der Waals surface area contributed by atoms with Crippen molar-refractivity contribution in [2.45, 2.75) is 12.5 Å². The van der Waals surface area contributed by atoms with Crippen LogP contribution in [-0.4, -0.2) is 21.4 Å². The Morgan fingerprint density at radius 1 is 1.00 bits per heavy atom. The Kier molecular flexibility index (Phi) is 6.18. The number of hydrogen-bond acceptors (Lipinski definition) is 5. The molecular weight excluding hydrogens is 478 g/mol. The molecule has 4 aromatic rings. The number of hydrogen-bond donors (Lipinski definition) is 1. The molecule has 1 atom stereocenters. The Labute approximate surface area is 191 Å². The van der Waals surface area contributed by atoms with Crippen molar-refractivity contribution in [3.63, 3.8) is 0 Å². The SMILES string of the molecule is O=[N+]([O-])C[C@@H](c1ccc(OCc2cccc([N+](=O)[O-])c2)c(Br)c1)c1c[nH]c2ccccc12. The molecule has 0 saturated heterocycles. The molecule has 0 aliphatic rings. The number of benzene rings is 3. The van der Waals surface area contributed by atoms with Crippen molar-refractivity contribution in [1.29, 1.82) is 0 Å². The van der Waals surface area contributed by atoms with E-state index in [0.29, 0.717) is 15.8 Å². The Morgan fingerprint density at radius 2 is 1.81 bits per heavy atom. The summed E-state index contributed by atoms with van der Waals surface area (Å²) in [6.07, 6.45) is 1.82. The molecule has 8 nitrogen and oxygen atoms in total. The highest BCUT2D eigenvalue weighted by atomic mass is 79.9. The minimum atomic E-state index is -0.450. The van der Waals surface area contributed by atoms with Gasteiger partial charge in [-0.3, -0.25) is 20.2 Å². The average molecular weight is 496 g/mol. The van der Waals surface area contributed by atoms with E-state index in [2.05, 4.69) is 20.9 Å². The van der Waals surface area contributed by atoms with Gasteiger partial charge in [0.25, 0.3) is 5.69 Å². The van der Waals surface area contributed by atoms with E-state index in [9.17, 15) is 20.2 Å². The van der Waals surface area contributed by atoms with E-state index in [1.165, 1.54) is 12.1 Å². The molecule has 1 heterocycles. The van der Waals surface area contributed by atoms with Crippen molar-refractivity contribution in [2.24, 2.45) is 0 Å². The quantitative estimate of drug-likeness (QED) is 0.244. The molecule has 0 fully saturated rings. The molecule has 162 valence electrons. The molecule has 1 N–H and O–H groups in total. The number of nitro benzene ring substituents is 1. The van der Waals surface area contributed by atoms with Gasteiger partial charge in [0.1, 0.15) is 12.4 Å². The topological polar surface area (TPSA) is 111 Å².